The Morgan fingerprint density at radius 3 is 2.62 bits per heavy atom. The summed E-state index contributed by atoms with van der Waals surface area (Å²) in [4.78, 5) is 0. The summed E-state index contributed by atoms with van der Waals surface area (Å²) < 4.78 is 0. The van der Waals surface area contributed by atoms with Crippen molar-refractivity contribution >= 4 is 23.4 Å². The SMILES string of the molecule is Cc1ccc2cc(CCNCS)ccc2c1. The van der Waals surface area contributed by atoms with Crippen molar-refractivity contribution in [3.05, 3.63) is 47.5 Å². The van der Waals surface area contributed by atoms with Crippen molar-refractivity contribution in [2.75, 3.05) is 12.4 Å². The Bertz CT molecular complexity index is 479. The number of fused-ring (bicyclic) bond motifs is 1. The summed E-state index contributed by atoms with van der Waals surface area (Å²) in [5.74, 6) is 0.743. The Labute approximate surface area is 102 Å². The number of nitrogens with one attached hydrogen (secondary N) is 1. The lowest BCUT2D eigenvalue weighted by molar-refractivity contribution is 0.777. The summed E-state index contributed by atoms with van der Waals surface area (Å²) >= 11 is 4.13. The summed E-state index contributed by atoms with van der Waals surface area (Å²) in [7, 11) is 0. The van der Waals surface area contributed by atoms with Crippen molar-refractivity contribution in [1.82, 2.24) is 5.32 Å². The molecule has 1 nitrogen and oxygen atoms in total. The lowest BCUT2D eigenvalue weighted by Gasteiger charge is -2.05. The van der Waals surface area contributed by atoms with Crippen LogP contribution in [-0.4, -0.2) is 12.4 Å². The van der Waals surface area contributed by atoms with E-state index in [0.29, 0.717) is 0 Å². The van der Waals surface area contributed by atoms with Crippen molar-refractivity contribution in [3.8, 4) is 0 Å². The van der Waals surface area contributed by atoms with Gasteiger partial charge in [0, 0.05) is 5.88 Å². The highest BCUT2D eigenvalue weighted by atomic mass is 32.1. The highest BCUT2D eigenvalue weighted by Gasteiger charge is 1.97. The minimum absolute atomic E-state index is 0.743. The number of rotatable bonds is 4. The van der Waals surface area contributed by atoms with E-state index < -0.39 is 0 Å². The molecule has 1 N–H and O–H groups in total. The maximum Gasteiger partial charge on any atom is 0.0387 e. The monoisotopic (exact) mass is 231 g/mol. The first kappa shape index (κ1) is 11.5. The molecule has 16 heavy (non-hydrogen) atoms. The quantitative estimate of drug-likeness (QED) is 0.468. The van der Waals surface area contributed by atoms with Gasteiger partial charge in [-0.05, 0) is 36.2 Å². The zero-order valence-corrected chi connectivity index (χ0v) is 10.4. The molecule has 0 fully saturated rings. The summed E-state index contributed by atoms with van der Waals surface area (Å²) in [6, 6.07) is 13.3. The molecule has 0 amide bonds. The molecule has 0 radical (unpaired) electrons. The Hall–Kier alpha value is -0.990. The third kappa shape index (κ3) is 2.77. The molecule has 2 aromatic carbocycles. The minimum Gasteiger partial charge on any atom is -0.308 e. The summed E-state index contributed by atoms with van der Waals surface area (Å²) in [6.07, 6.45) is 1.06. The molecular formula is C14H17NS. The smallest absolute Gasteiger partial charge is 0.0387 e. The average Bonchev–Trinajstić information content (AvgIpc) is 2.29. The van der Waals surface area contributed by atoms with Crippen LogP contribution in [0.3, 0.4) is 0 Å². The van der Waals surface area contributed by atoms with E-state index >= 15 is 0 Å². The van der Waals surface area contributed by atoms with E-state index in [1.165, 1.54) is 21.9 Å². The van der Waals surface area contributed by atoms with Crippen LogP contribution in [0.4, 0.5) is 0 Å². The second-order valence-electron chi connectivity index (χ2n) is 4.09. The molecule has 0 aliphatic rings. The summed E-state index contributed by atoms with van der Waals surface area (Å²) in [5.41, 5.74) is 2.70. The fourth-order valence-electron chi connectivity index (χ4n) is 1.88. The lowest BCUT2D eigenvalue weighted by atomic mass is 10.0. The zero-order valence-electron chi connectivity index (χ0n) is 9.53. The zero-order chi connectivity index (χ0) is 11.4. The van der Waals surface area contributed by atoms with Crippen LogP contribution in [0.2, 0.25) is 0 Å². The van der Waals surface area contributed by atoms with Crippen molar-refractivity contribution in [1.29, 1.82) is 0 Å². The van der Waals surface area contributed by atoms with E-state index in [2.05, 4.69) is 61.3 Å². The van der Waals surface area contributed by atoms with Gasteiger partial charge in [-0.3, -0.25) is 0 Å². The fourth-order valence-corrected chi connectivity index (χ4v) is 2.04. The third-order valence-electron chi connectivity index (χ3n) is 2.76. The van der Waals surface area contributed by atoms with Crippen LogP contribution in [0, 0.1) is 6.92 Å². The lowest BCUT2D eigenvalue weighted by Crippen LogP contribution is -2.14. The van der Waals surface area contributed by atoms with Crippen molar-refractivity contribution in [2.45, 2.75) is 13.3 Å². The van der Waals surface area contributed by atoms with Gasteiger partial charge in [-0.1, -0.05) is 42.0 Å². The molecule has 0 bridgehead atoms. The first-order valence-corrected chi connectivity index (χ1v) is 6.24. The molecule has 0 aliphatic heterocycles. The number of hydrogen-bond acceptors (Lipinski definition) is 2. The molecular weight excluding hydrogens is 214 g/mol. The van der Waals surface area contributed by atoms with Crippen LogP contribution < -0.4 is 5.32 Å². The molecule has 84 valence electrons. The molecule has 0 saturated carbocycles. The molecule has 2 aromatic rings. The predicted molar refractivity (Wildman–Crippen MR) is 74.2 cm³/mol. The van der Waals surface area contributed by atoms with Gasteiger partial charge >= 0.3 is 0 Å². The van der Waals surface area contributed by atoms with Crippen LogP contribution in [0.5, 0.6) is 0 Å². The summed E-state index contributed by atoms with van der Waals surface area (Å²) in [5, 5.41) is 5.87. The number of aryl methyl sites for hydroxylation is 1. The maximum atomic E-state index is 4.13. The molecule has 0 aromatic heterocycles. The summed E-state index contributed by atoms with van der Waals surface area (Å²) in [6.45, 7) is 3.12. The van der Waals surface area contributed by atoms with Gasteiger partial charge in [0.15, 0.2) is 0 Å². The van der Waals surface area contributed by atoms with Gasteiger partial charge in [-0.25, -0.2) is 0 Å². The van der Waals surface area contributed by atoms with E-state index in [0.717, 1.165) is 18.8 Å². The number of benzene rings is 2. The molecule has 0 aliphatic carbocycles. The normalized spacial score (nSPS) is 10.9. The molecule has 0 saturated heterocycles. The Balaban J connectivity index is 2.20. The van der Waals surface area contributed by atoms with Gasteiger partial charge < -0.3 is 5.32 Å². The molecule has 0 atom stereocenters. The molecule has 2 heteroatoms. The van der Waals surface area contributed by atoms with Crippen LogP contribution in [0.25, 0.3) is 10.8 Å². The maximum absolute atomic E-state index is 4.13. The molecule has 0 spiro atoms. The van der Waals surface area contributed by atoms with Gasteiger partial charge in [0.1, 0.15) is 0 Å². The first-order chi connectivity index (χ1) is 7.79. The molecule has 0 heterocycles. The second kappa shape index (κ2) is 5.37. The fraction of sp³-hybridized carbons (Fsp3) is 0.286. The van der Waals surface area contributed by atoms with Gasteiger partial charge in [-0.2, -0.15) is 12.6 Å². The Morgan fingerprint density at radius 1 is 1.06 bits per heavy atom. The van der Waals surface area contributed by atoms with Crippen molar-refractivity contribution in [3.63, 3.8) is 0 Å². The molecule has 0 unspecified atom stereocenters. The van der Waals surface area contributed by atoms with Gasteiger partial charge in [0.25, 0.3) is 0 Å². The largest absolute Gasteiger partial charge is 0.308 e. The Morgan fingerprint density at radius 2 is 1.81 bits per heavy atom. The van der Waals surface area contributed by atoms with Crippen molar-refractivity contribution in [2.24, 2.45) is 0 Å². The van der Waals surface area contributed by atoms with Gasteiger partial charge in [0.2, 0.25) is 0 Å². The van der Waals surface area contributed by atoms with Gasteiger partial charge in [-0.15, -0.1) is 0 Å². The van der Waals surface area contributed by atoms with E-state index in [-0.39, 0.29) is 0 Å². The van der Waals surface area contributed by atoms with Crippen LogP contribution >= 0.6 is 12.6 Å². The number of thiol groups is 1. The standard InChI is InChI=1S/C14H17NS/c1-11-2-4-14-9-12(6-7-15-10-16)3-5-13(14)8-11/h2-5,8-9,15-16H,6-7,10H2,1H3. The number of hydrogen-bond donors (Lipinski definition) is 2. The van der Waals surface area contributed by atoms with E-state index in [9.17, 15) is 0 Å². The first-order valence-electron chi connectivity index (χ1n) is 5.60. The second-order valence-corrected chi connectivity index (χ2v) is 4.41. The van der Waals surface area contributed by atoms with Crippen LogP contribution in [-0.2, 0) is 6.42 Å². The van der Waals surface area contributed by atoms with Crippen LogP contribution in [0.1, 0.15) is 11.1 Å². The topological polar surface area (TPSA) is 12.0 Å². The van der Waals surface area contributed by atoms with E-state index in [1.807, 2.05) is 0 Å². The minimum atomic E-state index is 0.743. The molecule has 2 rings (SSSR count). The predicted octanol–water partition coefficient (Wildman–Crippen LogP) is 3.17. The highest BCUT2D eigenvalue weighted by molar-refractivity contribution is 7.80. The average molecular weight is 231 g/mol. The highest BCUT2D eigenvalue weighted by Crippen LogP contribution is 2.17. The van der Waals surface area contributed by atoms with Gasteiger partial charge in [0.05, 0.1) is 0 Å². The van der Waals surface area contributed by atoms with E-state index in [4.69, 9.17) is 0 Å². The van der Waals surface area contributed by atoms with Crippen LogP contribution in [0.15, 0.2) is 36.4 Å². The Kier molecular flexibility index (Phi) is 3.86. The van der Waals surface area contributed by atoms with Crippen molar-refractivity contribution < 1.29 is 0 Å². The third-order valence-corrected chi connectivity index (χ3v) is 2.99. The van der Waals surface area contributed by atoms with E-state index in [1.54, 1.807) is 0 Å².